The summed E-state index contributed by atoms with van der Waals surface area (Å²) < 4.78 is 0. The number of nitrogens with zero attached hydrogens (tertiary/aromatic N) is 1. The predicted molar refractivity (Wildman–Crippen MR) is 85.6 cm³/mol. The monoisotopic (exact) mass is 317 g/mol. The van der Waals surface area contributed by atoms with Gasteiger partial charge in [-0.25, -0.2) is 4.79 Å². The Morgan fingerprint density at radius 2 is 2.09 bits per heavy atom. The number of nitrogens with one attached hydrogen (secondary N) is 2. The molecule has 0 unspecified atom stereocenters. The number of aliphatic hydroxyl groups excluding tert-OH is 1. The van der Waals surface area contributed by atoms with Crippen LogP contribution in [0.3, 0.4) is 0 Å². The van der Waals surface area contributed by atoms with Crippen LogP contribution >= 0.6 is 0 Å². The van der Waals surface area contributed by atoms with Crippen molar-refractivity contribution in [2.75, 3.05) is 19.6 Å². The number of likely N-dealkylation sites (tertiary alicyclic amines) is 1. The fourth-order valence-electron chi connectivity index (χ4n) is 3.56. The number of rotatable bonds is 4. The van der Waals surface area contributed by atoms with Gasteiger partial charge in [-0.05, 0) is 31.9 Å². The van der Waals surface area contributed by atoms with Gasteiger partial charge in [-0.15, -0.1) is 0 Å². The average Bonchev–Trinajstić information content (AvgIpc) is 2.82. The number of piperidine rings is 1. The van der Waals surface area contributed by atoms with E-state index in [1.807, 2.05) is 30.3 Å². The van der Waals surface area contributed by atoms with Crippen LogP contribution in [0.15, 0.2) is 30.3 Å². The summed E-state index contributed by atoms with van der Waals surface area (Å²) in [6, 6.07) is 9.17. The molecular weight excluding hydrogens is 294 g/mol. The molecule has 2 fully saturated rings. The Kier molecular flexibility index (Phi) is 4.37. The van der Waals surface area contributed by atoms with E-state index in [4.69, 9.17) is 0 Å². The molecule has 124 valence electrons. The van der Waals surface area contributed by atoms with E-state index in [-0.39, 0.29) is 11.8 Å². The Hall–Kier alpha value is -1.92. The summed E-state index contributed by atoms with van der Waals surface area (Å²) in [6.45, 7) is 3.90. The van der Waals surface area contributed by atoms with Crippen LogP contribution in [0, 0.1) is 5.92 Å². The second kappa shape index (κ2) is 6.29. The fourth-order valence-corrected chi connectivity index (χ4v) is 3.56. The third kappa shape index (κ3) is 3.23. The number of carbonyl (C=O) groups is 2. The number of carbonyl (C=O) groups excluding carboxylic acids is 2. The minimum Gasteiger partial charge on any atom is -0.387 e. The van der Waals surface area contributed by atoms with Gasteiger partial charge in [0.1, 0.15) is 5.54 Å². The van der Waals surface area contributed by atoms with Crippen molar-refractivity contribution in [2.45, 2.75) is 31.4 Å². The smallest absolute Gasteiger partial charge is 0.322 e. The minimum absolute atomic E-state index is 0.0469. The summed E-state index contributed by atoms with van der Waals surface area (Å²) in [7, 11) is 0. The highest BCUT2D eigenvalue weighted by molar-refractivity contribution is 6.06. The summed E-state index contributed by atoms with van der Waals surface area (Å²) >= 11 is 0. The Balaban J connectivity index is 1.65. The molecule has 6 nitrogen and oxygen atoms in total. The summed E-state index contributed by atoms with van der Waals surface area (Å²) in [6.07, 6.45) is 1.29. The van der Waals surface area contributed by atoms with Crippen molar-refractivity contribution < 1.29 is 14.7 Å². The van der Waals surface area contributed by atoms with E-state index in [0.29, 0.717) is 13.1 Å². The first-order valence-electron chi connectivity index (χ1n) is 8.08. The molecule has 2 heterocycles. The largest absolute Gasteiger partial charge is 0.387 e. The number of benzene rings is 1. The lowest BCUT2D eigenvalue weighted by Gasteiger charge is -2.40. The van der Waals surface area contributed by atoms with Crippen LogP contribution in [0.25, 0.3) is 0 Å². The van der Waals surface area contributed by atoms with Crippen molar-refractivity contribution in [1.29, 1.82) is 0 Å². The van der Waals surface area contributed by atoms with Gasteiger partial charge in [-0.2, -0.15) is 0 Å². The molecule has 2 saturated heterocycles. The molecule has 0 bridgehead atoms. The molecular formula is C17H23N3O3. The Morgan fingerprint density at radius 3 is 2.74 bits per heavy atom. The number of urea groups is 1. The van der Waals surface area contributed by atoms with Gasteiger partial charge in [0.05, 0.1) is 6.10 Å². The summed E-state index contributed by atoms with van der Waals surface area (Å²) in [4.78, 5) is 25.7. The van der Waals surface area contributed by atoms with E-state index in [0.717, 1.165) is 24.9 Å². The molecule has 2 aliphatic rings. The van der Waals surface area contributed by atoms with Crippen LogP contribution < -0.4 is 10.6 Å². The van der Waals surface area contributed by atoms with Gasteiger partial charge in [0, 0.05) is 19.0 Å². The SMILES string of the molecule is C[C@]1([C@@H]2CCCN(C[C@@H](O)c3ccccc3)C2)NC(=O)NC1=O. The average molecular weight is 317 g/mol. The number of amides is 3. The van der Waals surface area contributed by atoms with E-state index >= 15 is 0 Å². The minimum atomic E-state index is -0.854. The Morgan fingerprint density at radius 1 is 1.35 bits per heavy atom. The first-order chi connectivity index (χ1) is 11.0. The van der Waals surface area contributed by atoms with Crippen LogP contribution in [0.5, 0.6) is 0 Å². The van der Waals surface area contributed by atoms with Crippen molar-refractivity contribution in [3.05, 3.63) is 35.9 Å². The number of hydrogen-bond donors (Lipinski definition) is 3. The third-order valence-corrected chi connectivity index (χ3v) is 5.01. The molecule has 23 heavy (non-hydrogen) atoms. The van der Waals surface area contributed by atoms with Crippen molar-refractivity contribution in [3.63, 3.8) is 0 Å². The number of hydrogen-bond acceptors (Lipinski definition) is 4. The maximum absolute atomic E-state index is 12.1. The second-order valence-corrected chi connectivity index (χ2v) is 6.64. The predicted octanol–water partition coefficient (Wildman–Crippen LogP) is 1.03. The molecule has 0 saturated carbocycles. The number of β-amino-alcohol motifs (C(OH)–C–C–N with tert-alkyl or cyclic N) is 1. The lowest BCUT2D eigenvalue weighted by atomic mass is 9.80. The van der Waals surface area contributed by atoms with Gasteiger partial charge in [-0.1, -0.05) is 30.3 Å². The van der Waals surface area contributed by atoms with Gasteiger partial charge in [0.25, 0.3) is 5.91 Å². The molecule has 3 N–H and O–H groups in total. The highest BCUT2D eigenvalue weighted by Crippen LogP contribution is 2.30. The van der Waals surface area contributed by atoms with Crippen LogP contribution in [-0.4, -0.2) is 47.1 Å². The lowest BCUT2D eigenvalue weighted by Crippen LogP contribution is -2.56. The van der Waals surface area contributed by atoms with Crippen LogP contribution in [0.1, 0.15) is 31.4 Å². The fraction of sp³-hybridized carbons (Fsp3) is 0.529. The van der Waals surface area contributed by atoms with Gasteiger partial charge >= 0.3 is 6.03 Å². The Bertz CT molecular complexity index is 592. The highest BCUT2D eigenvalue weighted by atomic mass is 16.3. The molecule has 0 radical (unpaired) electrons. The summed E-state index contributed by atoms with van der Waals surface area (Å²) in [5.74, 6) is -0.205. The number of imide groups is 1. The molecule has 2 aliphatic heterocycles. The third-order valence-electron chi connectivity index (χ3n) is 5.01. The summed E-state index contributed by atoms with van der Waals surface area (Å²) in [5, 5.41) is 15.5. The van der Waals surface area contributed by atoms with E-state index in [9.17, 15) is 14.7 Å². The topological polar surface area (TPSA) is 81.7 Å². The summed E-state index contributed by atoms with van der Waals surface area (Å²) in [5.41, 5.74) is 0.0423. The molecule has 0 aliphatic carbocycles. The highest BCUT2D eigenvalue weighted by Gasteiger charge is 2.48. The normalized spacial score (nSPS) is 29.9. The van der Waals surface area contributed by atoms with Crippen molar-refractivity contribution in [3.8, 4) is 0 Å². The molecule has 3 atom stereocenters. The second-order valence-electron chi connectivity index (χ2n) is 6.64. The van der Waals surface area contributed by atoms with Crippen molar-refractivity contribution in [2.24, 2.45) is 5.92 Å². The van der Waals surface area contributed by atoms with Gasteiger partial charge in [-0.3, -0.25) is 10.1 Å². The zero-order chi connectivity index (χ0) is 16.4. The number of aliphatic hydroxyl groups is 1. The molecule has 3 rings (SSSR count). The molecule has 1 aromatic carbocycles. The first-order valence-corrected chi connectivity index (χ1v) is 8.08. The van der Waals surface area contributed by atoms with Crippen LogP contribution in [0.4, 0.5) is 4.79 Å². The van der Waals surface area contributed by atoms with E-state index in [1.54, 1.807) is 6.92 Å². The van der Waals surface area contributed by atoms with Gasteiger partial charge < -0.3 is 15.3 Å². The van der Waals surface area contributed by atoms with Crippen molar-refractivity contribution in [1.82, 2.24) is 15.5 Å². The van der Waals surface area contributed by atoms with E-state index < -0.39 is 17.7 Å². The molecule has 0 aromatic heterocycles. The lowest BCUT2D eigenvalue weighted by molar-refractivity contribution is -0.126. The molecule has 6 heteroatoms. The zero-order valence-electron chi connectivity index (χ0n) is 13.3. The maximum Gasteiger partial charge on any atom is 0.322 e. The van der Waals surface area contributed by atoms with Crippen LogP contribution in [0.2, 0.25) is 0 Å². The zero-order valence-corrected chi connectivity index (χ0v) is 13.3. The Labute approximate surface area is 135 Å². The van der Waals surface area contributed by atoms with E-state index in [1.165, 1.54) is 0 Å². The molecule has 1 aromatic rings. The molecule has 0 spiro atoms. The van der Waals surface area contributed by atoms with Crippen molar-refractivity contribution >= 4 is 11.9 Å². The van der Waals surface area contributed by atoms with Gasteiger partial charge in [0.2, 0.25) is 0 Å². The quantitative estimate of drug-likeness (QED) is 0.725. The van der Waals surface area contributed by atoms with Crippen LogP contribution in [-0.2, 0) is 4.79 Å². The maximum atomic E-state index is 12.1. The van der Waals surface area contributed by atoms with E-state index in [2.05, 4.69) is 15.5 Å². The molecule has 3 amide bonds. The standard InChI is InChI=1S/C17H23N3O3/c1-17(15(22)18-16(23)19-17)13-8-5-9-20(10-13)11-14(21)12-6-3-2-4-7-12/h2-4,6-7,13-14,21H,5,8-11H2,1H3,(H2,18,19,22,23)/t13-,14-,17-/m1/s1. The van der Waals surface area contributed by atoms with Gasteiger partial charge in [0.15, 0.2) is 0 Å². The first kappa shape index (κ1) is 16.0.